The van der Waals surface area contributed by atoms with Crippen LogP contribution in [0.4, 0.5) is 0 Å². The molecule has 0 saturated heterocycles. The highest BCUT2D eigenvalue weighted by Gasteiger charge is 2.09. The van der Waals surface area contributed by atoms with Crippen molar-refractivity contribution in [3.05, 3.63) is 16.5 Å². The second kappa shape index (κ2) is 2.28. The normalized spacial score (nSPS) is 11.8. The smallest absolute Gasteiger partial charge is 0.110 e. The standard InChI is InChI=1S/C8H5NS3/c1-4-9-6-7-5(2-3-10-7)12-8(6)11-4/h2-3H,1H3. The molecule has 0 amide bonds. The van der Waals surface area contributed by atoms with Crippen LogP contribution in [0.1, 0.15) is 5.01 Å². The van der Waals surface area contributed by atoms with Gasteiger partial charge >= 0.3 is 0 Å². The lowest BCUT2D eigenvalue weighted by Gasteiger charge is -1.74. The zero-order valence-corrected chi connectivity index (χ0v) is 8.78. The maximum atomic E-state index is 4.51. The lowest BCUT2D eigenvalue weighted by atomic mass is 10.5. The van der Waals surface area contributed by atoms with Gasteiger partial charge < -0.3 is 0 Å². The number of thiophene rings is 2. The summed E-state index contributed by atoms with van der Waals surface area (Å²) < 4.78 is 4.11. The molecule has 0 N–H and O–H groups in total. The average molecular weight is 211 g/mol. The second-order valence-corrected chi connectivity index (χ2v) is 6.01. The fourth-order valence-electron chi connectivity index (χ4n) is 1.27. The van der Waals surface area contributed by atoms with Gasteiger partial charge in [0.1, 0.15) is 9.53 Å². The van der Waals surface area contributed by atoms with Gasteiger partial charge in [0.2, 0.25) is 0 Å². The first kappa shape index (κ1) is 7.00. The molecule has 0 spiro atoms. The predicted molar refractivity (Wildman–Crippen MR) is 57.6 cm³/mol. The summed E-state index contributed by atoms with van der Waals surface area (Å²) in [6.45, 7) is 2.07. The molecule has 0 radical (unpaired) electrons. The third-order valence-corrected chi connectivity index (χ3v) is 5.00. The Morgan fingerprint density at radius 2 is 2.25 bits per heavy atom. The maximum absolute atomic E-state index is 4.51. The molecule has 12 heavy (non-hydrogen) atoms. The highest BCUT2D eigenvalue weighted by Crippen LogP contribution is 2.39. The lowest BCUT2D eigenvalue weighted by molar-refractivity contribution is 1.36. The van der Waals surface area contributed by atoms with E-state index in [2.05, 4.69) is 23.4 Å². The third kappa shape index (κ3) is 0.800. The largest absolute Gasteiger partial charge is 0.239 e. The van der Waals surface area contributed by atoms with Crippen LogP contribution in [0.25, 0.3) is 18.9 Å². The summed E-state index contributed by atoms with van der Waals surface area (Å²) in [6.07, 6.45) is 0. The quantitative estimate of drug-likeness (QED) is 0.550. The molecule has 0 atom stereocenters. The lowest BCUT2D eigenvalue weighted by Crippen LogP contribution is -1.62. The Morgan fingerprint density at radius 1 is 1.33 bits per heavy atom. The van der Waals surface area contributed by atoms with Crippen molar-refractivity contribution in [2.24, 2.45) is 0 Å². The van der Waals surface area contributed by atoms with Crippen molar-refractivity contribution in [3.63, 3.8) is 0 Å². The van der Waals surface area contributed by atoms with Crippen LogP contribution in [-0.4, -0.2) is 4.98 Å². The van der Waals surface area contributed by atoms with E-state index in [0.717, 1.165) is 0 Å². The van der Waals surface area contributed by atoms with Crippen molar-refractivity contribution in [2.75, 3.05) is 0 Å². The van der Waals surface area contributed by atoms with Gasteiger partial charge in [-0.15, -0.1) is 34.0 Å². The van der Waals surface area contributed by atoms with Gasteiger partial charge in [0.05, 0.1) is 9.71 Å². The van der Waals surface area contributed by atoms with Crippen molar-refractivity contribution in [3.8, 4) is 0 Å². The van der Waals surface area contributed by atoms with E-state index in [1.54, 1.807) is 22.7 Å². The first-order valence-corrected chi connectivity index (χ1v) is 6.09. The number of rotatable bonds is 0. The highest BCUT2D eigenvalue weighted by atomic mass is 32.2. The van der Waals surface area contributed by atoms with Gasteiger partial charge in [0.25, 0.3) is 0 Å². The summed E-state index contributed by atoms with van der Waals surface area (Å²) in [5.41, 5.74) is 1.22. The van der Waals surface area contributed by atoms with Crippen LogP contribution in [0.15, 0.2) is 11.4 Å². The Morgan fingerprint density at radius 3 is 3.17 bits per heavy atom. The van der Waals surface area contributed by atoms with E-state index in [1.807, 2.05) is 11.3 Å². The Bertz CT molecular complexity index is 543. The average Bonchev–Trinajstić information content (AvgIpc) is 2.59. The monoisotopic (exact) mass is 211 g/mol. The topological polar surface area (TPSA) is 12.9 Å². The number of hydrogen-bond acceptors (Lipinski definition) is 4. The molecule has 3 heterocycles. The van der Waals surface area contributed by atoms with Crippen LogP contribution in [0.3, 0.4) is 0 Å². The van der Waals surface area contributed by atoms with Crippen molar-refractivity contribution in [1.29, 1.82) is 0 Å². The van der Waals surface area contributed by atoms with Crippen LogP contribution < -0.4 is 0 Å². The van der Waals surface area contributed by atoms with Crippen LogP contribution in [0, 0.1) is 6.92 Å². The molecule has 3 aromatic rings. The van der Waals surface area contributed by atoms with Crippen LogP contribution in [0.2, 0.25) is 0 Å². The summed E-state index contributed by atoms with van der Waals surface area (Å²) in [4.78, 5) is 4.51. The molecule has 0 aliphatic heterocycles. The number of aryl methyl sites for hydroxylation is 1. The Hall–Kier alpha value is -0.450. The van der Waals surface area contributed by atoms with Gasteiger partial charge in [-0.25, -0.2) is 4.98 Å². The fourth-order valence-corrected chi connectivity index (χ4v) is 4.76. The van der Waals surface area contributed by atoms with E-state index >= 15 is 0 Å². The molecule has 60 valence electrons. The number of hydrogen-bond donors (Lipinski definition) is 0. The zero-order valence-electron chi connectivity index (χ0n) is 6.33. The summed E-state index contributed by atoms with van der Waals surface area (Å²) in [7, 11) is 0. The van der Waals surface area contributed by atoms with Crippen LogP contribution >= 0.6 is 34.0 Å². The molecule has 3 aromatic heterocycles. The number of aromatic nitrogens is 1. The molecule has 4 heteroatoms. The molecule has 0 aromatic carbocycles. The van der Waals surface area contributed by atoms with E-state index in [1.165, 1.54) is 23.9 Å². The van der Waals surface area contributed by atoms with Crippen LogP contribution in [-0.2, 0) is 0 Å². The third-order valence-electron chi connectivity index (χ3n) is 1.75. The van der Waals surface area contributed by atoms with E-state index < -0.39 is 0 Å². The van der Waals surface area contributed by atoms with Gasteiger partial charge in [-0.2, -0.15) is 0 Å². The van der Waals surface area contributed by atoms with Gasteiger partial charge in [0.15, 0.2) is 0 Å². The molecule has 3 rings (SSSR count). The summed E-state index contributed by atoms with van der Waals surface area (Å²) in [6, 6.07) is 2.17. The molecule has 0 fully saturated rings. The molecule has 0 bridgehead atoms. The van der Waals surface area contributed by atoms with E-state index in [-0.39, 0.29) is 0 Å². The molecular formula is C8H5NS3. The minimum atomic E-state index is 1.17. The minimum absolute atomic E-state index is 1.17. The minimum Gasteiger partial charge on any atom is -0.239 e. The maximum Gasteiger partial charge on any atom is 0.110 e. The number of thiazole rings is 1. The molecular weight excluding hydrogens is 206 g/mol. The Labute approximate surface area is 81.3 Å². The van der Waals surface area contributed by atoms with E-state index in [0.29, 0.717) is 0 Å². The summed E-state index contributed by atoms with van der Waals surface area (Å²) >= 11 is 5.44. The van der Waals surface area contributed by atoms with Crippen molar-refractivity contribution in [1.82, 2.24) is 4.98 Å². The first-order chi connectivity index (χ1) is 5.84. The highest BCUT2D eigenvalue weighted by molar-refractivity contribution is 7.43. The Kier molecular flexibility index (Phi) is 1.33. The van der Waals surface area contributed by atoms with Crippen molar-refractivity contribution < 1.29 is 0 Å². The number of nitrogens with zero attached hydrogens (tertiary/aromatic N) is 1. The zero-order chi connectivity index (χ0) is 8.13. The van der Waals surface area contributed by atoms with E-state index in [9.17, 15) is 0 Å². The first-order valence-electron chi connectivity index (χ1n) is 3.58. The summed E-state index contributed by atoms with van der Waals surface area (Å²) in [5.74, 6) is 0. The molecule has 0 aliphatic carbocycles. The van der Waals surface area contributed by atoms with Gasteiger partial charge in [0, 0.05) is 4.70 Å². The molecule has 1 nitrogen and oxygen atoms in total. The second-order valence-electron chi connectivity index (χ2n) is 2.58. The molecule has 0 saturated carbocycles. The predicted octanol–water partition coefficient (Wildman–Crippen LogP) is 3.88. The molecule has 0 unspecified atom stereocenters. The SMILES string of the molecule is Cc1nc2c(s1)sc1ccsc12. The fraction of sp³-hybridized carbons (Fsp3) is 0.125. The summed E-state index contributed by atoms with van der Waals surface area (Å²) in [5, 5.41) is 3.31. The molecule has 0 aliphatic rings. The van der Waals surface area contributed by atoms with Gasteiger partial charge in [-0.1, -0.05) is 0 Å². The van der Waals surface area contributed by atoms with Crippen molar-refractivity contribution in [2.45, 2.75) is 6.92 Å². The van der Waals surface area contributed by atoms with Crippen LogP contribution in [0.5, 0.6) is 0 Å². The Balaban J connectivity index is 2.64. The number of fused-ring (bicyclic) bond motifs is 3. The van der Waals surface area contributed by atoms with Gasteiger partial charge in [-0.05, 0) is 18.4 Å². The van der Waals surface area contributed by atoms with E-state index in [4.69, 9.17) is 0 Å². The van der Waals surface area contributed by atoms with Gasteiger partial charge in [-0.3, -0.25) is 0 Å². The van der Waals surface area contributed by atoms with Crippen molar-refractivity contribution >= 4 is 52.9 Å².